The molecule has 7 heteroatoms. The maximum atomic E-state index is 12.4. The molecule has 0 aliphatic rings. The lowest BCUT2D eigenvalue weighted by Crippen LogP contribution is -2.13. The van der Waals surface area contributed by atoms with E-state index in [2.05, 4.69) is 26.4 Å². The molecule has 146 valence electrons. The largest absolute Gasteiger partial charge is 0.489 e. The number of para-hydroxylation sites is 1. The first-order valence-electron chi connectivity index (χ1n) is 8.80. The van der Waals surface area contributed by atoms with Gasteiger partial charge >= 0.3 is 0 Å². The molecule has 3 aromatic rings. The molecule has 1 N–H and O–H groups in total. The van der Waals surface area contributed by atoms with Crippen LogP contribution in [0.4, 0.5) is 5.69 Å². The summed E-state index contributed by atoms with van der Waals surface area (Å²) in [5.74, 6) is 0.924. The smallest absolute Gasteiger partial charge is 0.266 e. The predicted molar refractivity (Wildman–Crippen MR) is 113 cm³/mol. The van der Waals surface area contributed by atoms with Crippen LogP contribution < -0.4 is 10.1 Å². The molecule has 0 unspecified atom stereocenters. The zero-order valence-electron chi connectivity index (χ0n) is 15.9. The van der Waals surface area contributed by atoms with E-state index in [1.807, 2.05) is 32.0 Å². The van der Waals surface area contributed by atoms with Crippen LogP contribution in [0.1, 0.15) is 22.6 Å². The van der Waals surface area contributed by atoms with E-state index in [9.17, 15) is 10.1 Å². The van der Waals surface area contributed by atoms with Crippen molar-refractivity contribution in [3.8, 4) is 11.8 Å². The Morgan fingerprint density at radius 1 is 1.24 bits per heavy atom. The van der Waals surface area contributed by atoms with E-state index in [1.165, 1.54) is 6.08 Å². The number of benzene rings is 2. The second-order valence-electron chi connectivity index (χ2n) is 6.26. The van der Waals surface area contributed by atoms with Gasteiger partial charge < -0.3 is 14.6 Å². The number of nitriles is 1. The lowest BCUT2D eigenvalue weighted by atomic mass is 10.1. The van der Waals surface area contributed by atoms with Crippen molar-refractivity contribution in [3.63, 3.8) is 0 Å². The monoisotopic (exact) mass is 451 g/mol. The zero-order valence-corrected chi connectivity index (χ0v) is 17.5. The molecule has 0 bridgehead atoms. The average Bonchev–Trinajstić information content (AvgIpc) is 3.04. The van der Waals surface area contributed by atoms with Crippen molar-refractivity contribution in [2.45, 2.75) is 20.5 Å². The van der Waals surface area contributed by atoms with E-state index < -0.39 is 5.91 Å². The number of rotatable bonds is 6. The molecule has 3 rings (SSSR count). The number of hydrogen-bond donors (Lipinski definition) is 1. The van der Waals surface area contributed by atoms with E-state index in [1.54, 1.807) is 36.4 Å². The molecule has 1 amide bonds. The number of hydrogen-bond acceptors (Lipinski definition) is 5. The van der Waals surface area contributed by atoms with Gasteiger partial charge in [0.05, 0.1) is 16.9 Å². The van der Waals surface area contributed by atoms with E-state index in [0.29, 0.717) is 23.6 Å². The second kappa shape index (κ2) is 9.22. The highest BCUT2D eigenvalue weighted by molar-refractivity contribution is 9.10. The van der Waals surface area contributed by atoms with Crippen molar-refractivity contribution in [2.75, 3.05) is 5.32 Å². The topological polar surface area (TPSA) is 88.2 Å². The number of carbonyl (C=O) groups excluding carboxylic acids is 1. The molecule has 6 nitrogen and oxygen atoms in total. The third kappa shape index (κ3) is 5.12. The molecule has 0 spiro atoms. The summed E-state index contributed by atoms with van der Waals surface area (Å²) in [6.07, 6.45) is 1.53. The van der Waals surface area contributed by atoms with E-state index in [4.69, 9.17) is 9.26 Å². The molecule has 2 aromatic carbocycles. The lowest BCUT2D eigenvalue weighted by Gasteiger charge is -2.07. The fraction of sp³-hybridized carbons (Fsp3) is 0.136. The number of halogens is 1. The van der Waals surface area contributed by atoms with E-state index >= 15 is 0 Å². The minimum Gasteiger partial charge on any atom is -0.489 e. The molecular weight excluding hydrogens is 434 g/mol. The summed E-state index contributed by atoms with van der Waals surface area (Å²) in [5, 5.41) is 16.0. The van der Waals surface area contributed by atoms with Gasteiger partial charge in [0.2, 0.25) is 0 Å². The number of anilines is 1. The van der Waals surface area contributed by atoms with Crippen LogP contribution in [0.25, 0.3) is 6.08 Å². The molecular formula is C22H18BrN3O3. The molecule has 0 saturated carbocycles. The van der Waals surface area contributed by atoms with Crippen molar-refractivity contribution in [3.05, 3.63) is 81.2 Å². The van der Waals surface area contributed by atoms with Crippen molar-refractivity contribution in [2.24, 2.45) is 0 Å². The van der Waals surface area contributed by atoms with Crippen LogP contribution in [0.15, 0.2) is 63.1 Å². The molecule has 0 fully saturated rings. The second-order valence-corrected chi connectivity index (χ2v) is 7.12. The Balaban J connectivity index is 1.68. The Labute approximate surface area is 176 Å². The summed E-state index contributed by atoms with van der Waals surface area (Å²) in [5.41, 5.74) is 3.04. The van der Waals surface area contributed by atoms with Crippen LogP contribution >= 0.6 is 15.9 Å². The van der Waals surface area contributed by atoms with Gasteiger partial charge in [-0.05, 0) is 65.7 Å². The minimum absolute atomic E-state index is 0.00476. The highest BCUT2D eigenvalue weighted by Gasteiger charge is 2.12. The van der Waals surface area contributed by atoms with Crippen LogP contribution in [-0.4, -0.2) is 11.1 Å². The molecule has 0 radical (unpaired) electrons. The Kier molecular flexibility index (Phi) is 6.47. The standard InChI is InChI=1S/C22H18BrN3O3/c1-14-19(15(2)29-26-14)13-28-18-9-7-16(8-10-18)11-17(12-24)22(27)25-21-6-4-3-5-20(21)23/h3-11H,13H2,1-2H3,(H,25,27)/b17-11-. The number of carbonyl (C=O) groups is 1. The zero-order chi connectivity index (χ0) is 20.8. The Morgan fingerprint density at radius 2 is 1.97 bits per heavy atom. The highest BCUT2D eigenvalue weighted by Crippen LogP contribution is 2.22. The first-order chi connectivity index (χ1) is 14.0. The SMILES string of the molecule is Cc1noc(C)c1COc1ccc(/C=C(/C#N)C(=O)Nc2ccccc2Br)cc1. The van der Waals surface area contributed by atoms with Gasteiger partial charge in [-0.2, -0.15) is 5.26 Å². The van der Waals surface area contributed by atoms with Gasteiger partial charge in [-0.25, -0.2) is 0 Å². The molecule has 1 heterocycles. The summed E-state index contributed by atoms with van der Waals surface area (Å²) in [7, 11) is 0. The normalized spacial score (nSPS) is 11.0. The van der Waals surface area contributed by atoms with Crippen LogP contribution in [-0.2, 0) is 11.4 Å². The first kappa shape index (κ1) is 20.4. The van der Waals surface area contributed by atoms with Crippen LogP contribution in [0.5, 0.6) is 5.75 Å². The molecule has 0 atom stereocenters. The van der Waals surface area contributed by atoms with Crippen molar-refractivity contribution < 1.29 is 14.1 Å². The summed E-state index contributed by atoms with van der Waals surface area (Å²) >= 11 is 3.37. The number of amides is 1. The van der Waals surface area contributed by atoms with Crippen LogP contribution in [0.3, 0.4) is 0 Å². The van der Waals surface area contributed by atoms with Crippen molar-refractivity contribution in [1.29, 1.82) is 5.26 Å². The van der Waals surface area contributed by atoms with Crippen molar-refractivity contribution >= 4 is 33.6 Å². The third-order valence-electron chi connectivity index (χ3n) is 4.24. The summed E-state index contributed by atoms with van der Waals surface area (Å²) in [6, 6.07) is 16.3. The maximum Gasteiger partial charge on any atom is 0.266 e. The average molecular weight is 452 g/mol. The van der Waals surface area contributed by atoms with Crippen LogP contribution in [0, 0.1) is 25.2 Å². The van der Waals surface area contributed by atoms with Gasteiger partial charge in [0.25, 0.3) is 5.91 Å². The number of ether oxygens (including phenoxy) is 1. The van der Waals surface area contributed by atoms with Gasteiger partial charge in [-0.3, -0.25) is 4.79 Å². The number of nitrogens with one attached hydrogen (secondary N) is 1. The quantitative estimate of drug-likeness (QED) is 0.411. The highest BCUT2D eigenvalue weighted by atomic mass is 79.9. The van der Waals surface area contributed by atoms with Gasteiger partial charge in [0.1, 0.15) is 29.8 Å². The minimum atomic E-state index is -0.474. The van der Waals surface area contributed by atoms with Gasteiger partial charge in [-0.15, -0.1) is 0 Å². The predicted octanol–water partition coefficient (Wildman–Crippen LogP) is 5.18. The van der Waals surface area contributed by atoms with Gasteiger partial charge in [0, 0.05) is 4.47 Å². The van der Waals surface area contributed by atoms with E-state index in [0.717, 1.165) is 21.5 Å². The van der Waals surface area contributed by atoms with Crippen molar-refractivity contribution in [1.82, 2.24) is 5.16 Å². The Morgan fingerprint density at radius 3 is 2.59 bits per heavy atom. The number of aryl methyl sites for hydroxylation is 2. The molecule has 0 saturated heterocycles. The first-order valence-corrected chi connectivity index (χ1v) is 9.59. The van der Waals surface area contributed by atoms with Crippen LogP contribution in [0.2, 0.25) is 0 Å². The number of aromatic nitrogens is 1. The fourth-order valence-corrected chi connectivity index (χ4v) is 2.98. The molecule has 1 aromatic heterocycles. The maximum absolute atomic E-state index is 12.4. The fourth-order valence-electron chi connectivity index (χ4n) is 2.59. The number of nitrogens with zero attached hydrogens (tertiary/aromatic N) is 2. The summed E-state index contributed by atoms with van der Waals surface area (Å²) < 4.78 is 11.6. The summed E-state index contributed by atoms with van der Waals surface area (Å²) in [4.78, 5) is 12.4. The molecule has 0 aliphatic heterocycles. The lowest BCUT2D eigenvalue weighted by molar-refractivity contribution is -0.112. The molecule has 0 aliphatic carbocycles. The third-order valence-corrected chi connectivity index (χ3v) is 4.93. The van der Waals surface area contributed by atoms with Gasteiger partial charge in [-0.1, -0.05) is 29.4 Å². The van der Waals surface area contributed by atoms with Gasteiger partial charge in [0.15, 0.2) is 0 Å². The summed E-state index contributed by atoms with van der Waals surface area (Å²) in [6.45, 7) is 4.06. The molecule has 29 heavy (non-hydrogen) atoms. The van der Waals surface area contributed by atoms with E-state index in [-0.39, 0.29) is 5.57 Å². The Hall–Kier alpha value is -3.37. The Bertz CT molecular complexity index is 1080.